The lowest BCUT2D eigenvalue weighted by Gasteiger charge is -2.09. The Hall–Kier alpha value is -0.750. The minimum Gasteiger partial charge on any atom is -0.298 e. The van der Waals surface area contributed by atoms with Gasteiger partial charge in [-0.3, -0.25) is 4.79 Å². The molecule has 0 heterocycles. The predicted molar refractivity (Wildman–Crippen MR) is 67.1 cm³/mol. The van der Waals surface area contributed by atoms with Gasteiger partial charge >= 0.3 is 0 Å². The van der Waals surface area contributed by atoms with E-state index in [9.17, 15) is 17.6 Å². The molecule has 1 aromatic carbocycles. The number of benzene rings is 1. The second-order valence-electron chi connectivity index (χ2n) is 3.83. The first-order valence-electron chi connectivity index (χ1n) is 4.88. The summed E-state index contributed by atoms with van der Waals surface area (Å²) in [5, 5.41) is -1.07. The fourth-order valence-electron chi connectivity index (χ4n) is 1.26. The maximum absolute atomic E-state index is 13.2. The lowest BCUT2D eigenvalue weighted by molar-refractivity contribution is -0.117. The minimum atomic E-state index is -3.40. The lowest BCUT2D eigenvalue weighted by Crippen LogP contribution is -2.27. The standard InChI is InChI=1S/C11H12BrFO3S/c1-7(17(2,15)16)10(14)6-8-4-3-5-9(13)11(8)12/h3-5,7H,6H2,1-2H3. The maximum atomic E-state index is 13.2. The van der Waals surface area contributed by atoms with Crippen LogP contribution in [0.4, 0.5) is 4.39 Å². The molecular formula is C11H12BrFO3S. The summed E-state index contributed by atoms with van der Waals surface area (Å²) in [5.74, 6) is -0.916. The number of hydrogen-bond acceptors (Lipinski definition) is 3. The molecule has 0 radical (unpaired) electrons. The second kappa shape index (κ2) is 5.27. The van der Waals surface area contributed by atoms with Crippen molar-refractivity contribution in [1.82, 2.24) is 0 Å². The maximum Gasteiger partial charge on any atom is 0.157 e. The van der Waals surface area contributed by atoms with Crippen molar-refractivity contribution >= 4 is 31.6 Å². The number of halogens is 2. The smallest absolute Gasteiger partial charge is 0.157 e. The lowest BCUT2D eigenvalue weighted by atomic mass is 10.1. The molecule has 94 valence electrons. The zero-order valence-corrected chi connectivity index (χ0v) is 11.8. The summed E-state index contributed by atoms with van der Waals surface area (Å²) in [7, 11) is -3.40. The Morgan fingerprint density at radius 3 is 2.59 bits per heavy atom. The summed E-state index contributed by atoms with van der Waals surface area (Å²) in [4.78, 5) is 11.7. The van der Waals surface area contributed by atoms with Crippen molar-refractivity contribution in [3.63, 3.8) is 0 Å². The zero-order valence-electron chi connectivity index (χ0n) is 9.41. The van der Waals surface area contributed by atoms with Crippen molar-refractivity contribution < 1.29 is 17.6 Å². The van der Waals surface area contributed by atoms with Crippen LogP contribution in [0, 0.1) is 5.82 Å². The van der Waals surface area contributed by atoms with Crippen molar-refractivity contribution in [2.75, 3.05) is 6.26 Å². The van der Waals surface area contributed by atoms with Crippen molar-refractivity contribution in [2.45, 2.75) is 18.6 Å². The van der Waals surface area contributed by atoms with Gasteiger partial charge in [-0.2, -0.15) is 0 Å². The highest BCUT2D eigenvalue weighted by Crippen LogP contribution is 2.21. The van der Waals surface area contributed by atoms with Crippen LogP contribution < -0.4 is 0 Å². The number of rotatable bonds is 4. The first-order valence-corrected chi connectivity index (χ1v) is 7.62. The summed E-state index contributed by atoms with van der Waals surface area (Å²) in [6.45, 7) is 1.34. The molecule has 0 fully saturated rings. The number of Topliss-reactive ketones (excluding diaryl/α,β-unsaturated/α-hetero) is 1. The van der Waals surface area contributed by atoms with E-state index in [4.69, 9.17) is 0 Å². The number of ketones is 1. The van der Waals surface area contributed by atoms with Gasteiger partial charge in [0.05, 0.1) is 4.47 Å². The van der Waals surface area contributed by atoms with E-state index in [1.54, 1.807) is 6.07 Å². The van der Waals surface area contributed by atoms with Crippen LogP contribution in [0.25, 0.3) is 0 Å². The molecule has 0 bridgehead atoms. The normalized spacial score (nSPS) is 13.4. The molecule has 17 heavy (non-hydrogen) atoms. The van der Waals surface area contributed by atoms with Crippen LogP contribution in [0.1, 0.15) is 12.5 Å². The molecule has 0 N–H and O–H groups in total. The molecule has 3 nitrogen and oxygen atoms in total. The molecule has 0 aliphatic rings. The van der Waals surface area contributed by atoms with E-state index in [1.165, 1.54) is 19.1 Å². The van der Waals surface area contributed by atoms with Crippen molar-refractivity contribution in [2.24, 2.45) is 0 Å². The van der Waals surface area contributed by atoms with Crippen LogP contribution in [0.3, 0.4) is 0 Å². The van der Waals surface area contributed by atoms with E-state index in [0.29, 0.717) is 5.56 Å². The van der Waals surface area contributed by atoms with Crippen LogP contribution in [0.15, 0.2) is 22.7 Å². The van der Waals surface area contributed by atoms with Crippen LogP contribution >= 0.6 is 15.9 Å². The van der Waals surface area contributed by atoms with Gasteiger partial charge in [-0.25, -0.2) is 12.8 Å². The summed E-state index contributed by atoms with van der Waals surface area (Å²) >= 11 is 3.03. The number of carbonyl (C=O) groups is 1. The van der Waals surface area contributed by atoms with Crippen LogP contribution in [0.5, 0.6) is 0 Å². The Morgan fingerprint density at radius 1 is 1.47 bits per heavy atom. The van der Waals surface area contributed by atoms with Gasteiger partial charge in [-0.15, -0.1) is 0 Å². The van der Waals surface area contributed by atoms with Gasteiger partial charge in [0.1, 0.15) is 11.1 Å². The van der Waals surface area contributed by atoms with Crippen molar-refractivity contribution in [3.05, 3.63) is 34.1 Å². The van der Waals surface area contributed by atoms with Gasteiger partial charge in [0.15, 0.2) is 15.6 Å². The summed E-state index contributed by atoms with van der Waals surface area (Å²) in [5.41, 5.74) is 0.450. The van der Waals surface area contributed by atoms with Crippen LogP contribution in [0.2, 0.25) is 0 Å². The minimum absolute atomic E-state index is 0.105. The fraction of sp³-hybridized carbons (Fsp3) is 0.364. The molecule has 0 amide bonds. The van der Waals surface area contributed by atoms with Gasteiger partial charge in [-0.05, 0) is 34.5 Å². The first-order chi connectivity index (χ1) is 7.73. The van der Waals surface area contributed by atoms with Crippen LogP contribution in [-0.4, -0.2) is 25.7 Å². The Morgan fingerprint density at radius 2 is 2.06 bits per heavy atom. The monoisotopic (exact) mass is 322 g/mol. The molecule has 6 heteroatoms. The Kier molecular flexibility index (Phi) is 4.43. The Balaban J connectivity index is 2.93. The topological polar surface area (TPSA) is 51.2 Å². The zero-order chi connectivity index (χ0) is 13.2. The highest BCUT2D eigenvalue weighted by molar-refractivity contribution is 9.10. The number of hydrogen-bond donors (Lipinski definition) is 0. The van der Waals surface area contributed by atoms with E-state index in [2.05, 4.69) is 15.9 Å². The van der Waals surface area contributed by atoms with Crippen molar-refractivity contribution in [1.29, 1.82) is 0 Å². The highest BCUT2D eigenvalue weighted by atomic mass is 79.9. The molecule has 1 unspecified atom stereocenters. The molecular weight excluding hydrogens is 311 g/mol. The summed E-state index contributed by atoms with van der Waals surface area (Å²) in [6.07, 6.45) is 0.906. The van der Waals surface area contributed by atoms with Gasteiger partial charge in [0.25, 0.3) is 0 Å². The molecule has 0 aliphatic heterocycles. The molecule has 0 spiro atoms. The number of sulfone groups is 1. The van der Waals surface area contributed by atoms with E-state index in [0.717, 1.165) is 6.26 Å². The van der Waals surface area contributed by atoms with Crippen LogP contribution in [-0.2, 0) is 21.1 Å². The van der Waals surface area contributed by atoms with E-state index in [-0.39, 0.29) is 10.9 Å². The summed E-state index contributed by atoms with van der Waals surface area (Å²) in [6, 6.07) is 4.33. The fourth-order valence-corrected chi connectivity index (χ4v) is 2.22. The van der Waals surface area contributed by atoms with Gasteiger partial charge < -0.3 is 0 Å². The van der Waals surface area contributed by atoms with E-state index < -0.39 is 26.7 Å². The molecule has 0 aromatic heterocycles. The van der Waals surface area contributed by atoms with Gasteiger partial charge in [-0.1, -0.05) is 12.1 Å². The van der Waals surface area contributed by atoms with Crippen molar-refractivity contribution in [3.8, 4) is 0 Å². The molecule has 1 aromatic rings. The molecule has 1 atom stereocenters. The molecule has 1 rings (SSSR count). The predicted octanol–water partition coefficient (Wildman–Crippen LogP) is 2.13. The average Bonchev–Trinajstić information content (AvgIpc) is 2.22. The third kappa shape index (κ3) is 3.61. The van der Waals surface area contributed by atoms with E-state index >= 15 is 0 Å². The third-order valence-electron chi connectivity index (χ3n) is 2.49. The summed E-state index contributed by atoms with van der Waals surface area (Å²) < 4.78 is 35.8. The Labute approximate surface area is 108 Å². The third-order valence-corrected chi connectivity index (χ3v) is 4.93. The quantitative estimate of drug-likeness (QED) is 0.853. The molecule has 0 aliphatic carbocycles. The van der Waals surface area contributed by atoms with E-state index in [1.807, 2.05) is 0 Å². The largest absolute Gasteiger partial charge is 0.298 e. The number of carbonyl (C=O) groups excluding carboxylic acids is 1. The SMILES string of the molecule is CC(C(=O)Cc1cccc(F)c1Br)S(C)(=O)=O. The molecule has 0 saturated carbocycles. The first kappa shape index (κ1) is 14.3. The van der Waals surface area contributed by atoms with Gasteiger partial charge in [0.2, 0.25) is 0 Å². The van der Waals surface area contributed by atoms with Gasteiger partial charge in [0, 0.05) is 12.7 Å². The Bertz CT molecular complexity index is 540. The molecule has 0 saturated heterocycles. The second-order valence-corrected chi connectivity index (χ2v) is 6.99. The highest BCUT2D eigenvalue weighted by Gasteiger charge is 2.24. The average molecular weight is 323 g/mol.